The molecule has 1 fully saturated rings. The molecule has 1 aromatic heterocycles. The molecule has 0 radical (unpaired) electrons. The average Bonchev–Trinajstić information content (AvgIpc) is 2.81. The first-order valence-electron chi connectivity index (χ1n) is 5.77. The Labute approximate surface area is 101 Å². The lowest BCUT2D eigenvalue weighted by molar-refractivity contribution is 0.116. The number of hydrogen-bond donors (Lipinski definition) is 0. The third kappa shape index (κ3) is 2.92. The molecule has 5 nitrogen and oxygen atoms in total. The Morgan fingerprint density at radius 1 is 1.59 bits per heavy atom. The number of anilines is 1. The van der Waals surface area contributed by atoms with Crippen LogP contribution >= 0.6 is 0 Å². The van der Waals surface area contributed by atoms with Crippen LogP contribution < -0.4 is 4.90 Å². The van der Waals surface area contributed by atoms with Gasteiger partial charge in [0.2, 0.25) is 5.95 Å². The van der Waals surface area contributed by atoms with Gasteiger partial charge in [-0.05, 0) is 25.8 Å². The second-order valence-corrected chi connectivity index (χ2v) is 4.32. The van der Waals surface area contributed by atoms with Gasteiger partial charge in [0.1, 0.15) is 11.8 Å². The SMILES string of the molecule is Cc1cc(C#N)nc(N(C)CC2CCCO2)n1. The molecule has 1 aliphatic heterocycles. The van der Waals surface area contributed by atoms with E-state index in [1.165, 1.54) is 0 Å². The van der Waals surface area contributed by atoms with Crippen LogP contribution in [-0.4, -0.2) is 36.3 Å². The number of likely N-dealkylation sites (N-methyl/N-ethyl adjacent to an activating group) is 1. The van der Waals surface area contributed by atoms with Crippen LogP contribution in [0.4, 0.5) is 5.95 Å². The van der Waals surface area contributed by atoms with Crippen molar-refractivity contribution in [3.05, 3.63) is 17.5 Å². The predicted molar refractivity (Wildman–Crippen MR) is 63.7 cm³/mol. The fraction of sp³-hybridized carbons (Fsp3) is 0.583. The maximum absolute atomic E-state index is 8.87. The van der Waals surface area contributed by atoms with Crippen LogP contribution in [0.5, 0.6) is 0 Å². The summed E-state index contributed by atoms with van der Waals surface area (Å²) in [6.45, 7) is 3.48. The molecule has 0 amide bonds. The number of aryl methyl sites for hydroxylation is 1. The van der Waals surface area contributed by atoms with Crippen LogP contribution in [0.3, 0.4) is 0 Å². The van der Waals surface area contributed by atoms with Crippen LogP contribution in [0.15, 0.2) is 6.07 Å². The topological polar surface area (TPSA) is 62.0 Å². The van der Waals surface area contributed by atoms with E-state index in [0.29, 0.717) is 11.6 Å². The van der Waals surface area contributed by atoms with E-state index in [2.05, 4.69) is 9.97 Å². The van der Waals surface area contributed by atoms with Crippen LogP contribution in [0, 0.1) is 18.3 Å². The second-order valence-electron chi connectivity index (χ2n) is 4.32. The van der Waals surface area contributed by atoms with Gasteiger partial charge in [0.25, 0.3) is 0 Å². The summed E-state index contributed by atoms with van der Waals surface area (Å²) < 4.78 is 5.57. The summed E-state index contributed by atoms with van der Waals surface area (Å²) in [4.78, 5) is 10.5. The van der Waals surface area contributed by atoms with Gasteiger partial charge >= 0.3 is 0 Å². The molecule has 0 bridgehead atoms. The number of ether oxygens (including phenoxy) is 1. The Morgan fingerprint density at radius 2 is 2.41 bits per heavy atom. The standard InChI is InChI=1S/C12H16N4O/c1-9-6-10(7-13)15-12(14-9)16(2)8-11-4-3-5-17-11/h6,11H,3-5,8H2,1-2H3. The van der Waals surface area contributed by atoms with Crippen molar-refractivity contribution in [2.75, 3.05) is 25.1 Å². The van der Waals surface area contributed by atoms with Gasteiger partial charge in [-0.1, -0.05) is 0 Å². The van der Waals surface area contributed by atoms with E-state index >= 15 is 0 Å². The van der Waals surface area contributed by atoms with E-state index in [1.54, 1.807) is 6.07 Å². The van der Waals surface area contributed by atoms with Gasteiger partial charge in [-0.3, -0.25) is 0 Å². The summed E-state index contributed by atoms with van der Waals surface area (Å²) in [6.07, 6.45) is 2.47. The van der Waals surface area contributed by atoms with Crippen molar-refractivity contribution in [1.29, 1.82) is 5.26 Å². The Kier molecular flexibility index (Phi) is 3.55. The minimum Gasteiger partial charge on any atom is -0.376 e. The third-order valence-corrected chi connectivity index (χ3v) is 2.80. The fourth-order valence-electron chi connectivity index (χ4n) is 1.96. The summed E-state index contributed by atoms with van der Waals surface area (Å²) in [6, 6.07) is 3.73. The lowest BCUT2D eigenvalue weighted by Crippen LogP contribution is -2.30. The number of aromatic nitrogens is 2. The number of nitrogens with zero attached hydrogens (tertiary/aromatic N) is 4. The van der Waals surface area contributed by atoms with Crippen molar-refractivity contribution < 1.29 is 4.74 Å². The molecule has 2 rings (SSSR count). The summed E-state index contributed by atoms with van der Waals surface area (Å²) in [5.41, 5.74) is 1.22. The molecule has 5 heteroatoms. The first-order chi connectivity index (χ1) is 8.19. The Hall–Kier alpha value is -1.67. The molecular weight excluding hydrogens is 216 g/mol. The van der Waals surface area contributed by atoms with E-state index in [-0.39, 0.29) is 6.10 Å². The van der Waals surface area contributed by atoms with E-state index < -0.39 is 0 Å². The van der Waals surface area contributed by atoms with Crippen molar-refractivity contribution in [1.82, 2.24) is 9.97 Å². The van der Waals surface area contributed by atoms with Crippen molar-refractivity contribution in [2.24, 2.45) is 0 Å². The molecule has 1 atom stereocenters. The summed E-state index contributed by atoms with van der Waals surface area (Å²) >= 11 is 0. The molecule has 0 aromatic carbocycles. The molecule has 1 saturated heterocycles. The summed E-state index contributed by atoms with van der Waals surface area (Å²) in [5.74, 6) is 0.594. The van der Waals surface area contributed by atoms with E-state index in [9.17, 15) is 0 Å². The quantitative estimate of drug-likeness (QED) is 0.785. The zero-order chi connectivity index (χ0) is 12.3. The molecule has 0 saturated carbocycles. The number of nitriles is 1. The van der Waals surface area contributed by atoms with Gasteiger partial charge < -0.3 is 9.64 Å². The molecule has 0 N–H and O–H groups in total. The van der Waals surface area contributed by atoms with Crippen molar-refractivity contribution in [2.45, 2.75) is 25.9 Å². The maximum atomic E-state index is 8.87. The third-order valence-electron chi connectivity index (χ3n) is 2.80. The average molecular weight is 232 g/mol. The summed E-state index contributed by atoms with van der Waals surface area (Å²) in [5, 5.41) is 8.87. The fourth-order valence-corrected chi connectivity index (χ4v) is 1.96. The zero-order valence-corrected chi connectivity index (χ0v) is 10.2. The molecule has 1 aromatic rings. The normalized spacial score (nSPS) is 19.0. The number of rotatable bonds is 3. The number of hydrogen-bond acceptors (Lipinski definition) is 5. The highest BCUT2D eigenvalue weighted by Crippen LogP contribution is 2.15. The van der Waals surface area contributed by atoms with Crippen LogP contribution in [0.25, 0.3) is 0 Å². The van der Waals surface area contributed by atoms with Crippen molar-refractivity contribution >= 4 is 5.95 Å². The molecule has 17 heavy (non-hydrogen) atoms. The Morgan fingerprint density at radius 3 is 3.06 bits per heavy atom. The molecule has 0 spiro atoms. The molecular formula is C12H16N4O. The van der Waals surface area contributed by atoms with Crippen molar-refractivity contribution in [3.63, 3.8) is 0 Å². The monoisotopic (exact) mass is 232 g/mol. The molecule has 2 heterocycles. The van der Waals surface area contributed by atoms with Gasteiger partial charge in [-0.25, -0.2) is 9.97 Å². The highest BCUT2D eigenvalue weighted by Gasteiger charge is 2.19. The van der Waals surface area contributed by atoms with Gasteiger partial charge in [0.15, 0.2) is 0 Å². The molecule has 1 unspecified atom stereocenters. The van der Waals surface area contributed by atoms with Crippen LogP contribution in [-0.2, 0) is 4.74 Å². The lowest BCUT2D eigenvalue weighted by atomic mass is 10.2. The van der Waals surface area contributed by atoms with E-state index in [1.807, 2.05) is 24.9 Å². The zero-order valence-electron chi connectivity index (χ0n) is 10.2. The van der Waals surface area contributed by atoms with Gasteiger partial charge in [-0.15, -0.1) is 0 Å². The van der Waals surface area contributed by atoms with Crippen molar-refractivity contribution in [3.8, 4) is 6.07 Å². The van der Waals surface area contributed by atoms with E-state index in [4.69, 9.17) is 10.00 Å². The Bertz CT molecular complexity index is 435. The first-order valence-corrected chi connectivity index (χ1v) is 5.77. The largest absolute Gasteiger partial charge is 0.376 e. The smallest absolute Gasteiger partial charge is 0.226 e. The minimum absolute atomic E-state index is 0.259. The molecule has 90 valence electrons. The lowest BCUT2D eigenvalue weighted by Gasteiger charge is -2.20. The van der Waals surface area contributed by atoms with E-state index in [0.717, 1.165) is 31.7 Å². The molecule has 1 aliphatic rings. The molecule has 0 aliphatic carbocycles. The van der Waals surface area contributed by atoms with Crippen LogP contribution in [0.1, 0.15) is 24.2 Å². The first kappa shape index (κ1) is 11.8. The maximum Gasteiger partial charge on any atom is 0.226 e. The van der Waals surface area contributed by atoms with Gasteiger partial charge in [-0.2, -0.15) is 5.26 Å². The minimum atomic E-state index is 0.259. The van der Waals surface area contributed by atoms with Crippen LogP contribution in [0.2, 0.25) is 0 Å². The van der Waals surface area contributed by atoms with Gasteiger partial charge in [0, 0.05) is 25.9 Å². The highest BCUT2D eigenvalue weighted by atomic mass is 16.5. The highest BCUT2D eigenvalue weighted by molar-refractivity contribution is 5.35. The van der Waals surface area contributed by atoms with Gasteiger partial charge in [0.05, 0.1) is 6.10 Å². The second kappa shape index (κ2) is 5.11. The Balaban J connectivity index is 2.10. The predicted octanol–water partition coefficient (Wildman–Crippen LogP) is 1.27. The summed E-state index contributed by atoms with van der Waals surface area (Å²) in [7, 11) is 1.93.